The third-order valence-electron chi connectivity index (χ3n) is 2.11. The Kier molecular flexibility index (Phi) is 2.04. The van der Waals surface area contributed by atoms with Gasteiger partial charge in [-0.1, -0.05) is 12.1 Å². The van der Waals surface area contributed by atoms with Gasteiger partial charge in [0.25, 0.3) is 0 Å². The van der Waals surface area contributed by atoms with Crippen molar-refractivity contribution < 1.29 is 4.39 Å². The van der Waals surface area contributed by atoms with E-state index in [0.717, 1.165) is 11.4 Å². The van der Waals surface area contributed by atoms with E-state index >= 15 is 0 Å². The van der Waals surface area contributed by atoms with Gasteiger partial charge in [0.05, 0.1) is 0 Å². The van der Waals surface area contributed by atoms with E-state index in [9.17, 15) is 4.39 Å². The fraction of sp³-hybridized carbons (Fsp3) is 0.200. The predicted octanol–water partition coefficient (Wildman–Crippen LogP) is 2.23. The lowest BCUT2D eigenvalue weighted by Gasteiger charge is -2.01. The van der Waals surface area contributed by atoms with Crippen LogP contribution in [0, 0.1) is 19.7 Å². The van der Waals surface area contributed by atoms with Crippen molar-refractivity contribution in [2.45, 2.75) is 13.8 Å². The highest BCUT2D eigenvalue weighted by Crippen LogP contribution is 2.21. The molecular weight excluding hydrogens is 181 g/mol. The molecule has 1 aromatic carbocycles. The Morgan fingerprint density at radius 3 is 2.71 bits per heavy atom. The average Bonchev–Trinajstić information content (AvgIpc) is 2.57. The van der Waals surface area contributed by atoms with Crippen LogP contribution in [0.2, 0.25) is 0 Å². The van der Waals surface area contributed by atoms with E-state index in [0.29, 0.717) is 11.4 Å². The van der Waals surface area contributed by atoms with Crippen LogP contribution in [0.25, 0.3) is 11.4 Å². The number of aromatic amines is 1. The molecular formula is C10H10FN3. The van der Waals surface area contributed by atoms with Crippen molar-refractivity contribution in [2.24, 2.45) is 0 Å². The maximum Gasteiger partial charge on any atom is 0.181 e. The van der Waals surface area contributed by atoms with Crippen LogP contribution in [-0.2, 0) is 0 Å². The molecule has 0 unspecified atom stereocenters. The molecule has 0 saturated heterocycles. The lowest BCUT2D eigenvalue weighted by Crippen LogP contribution is -1.89. The van der Waals surface area contributed by atoms with Gasteiger partial charge in [0.1, 0.15) is 11.6 Å². The number of hydrogen-bond acceptors (Lipinski definition) is 2. The standard InChI is InChI=1S/C10H10FN3/c1-6-8(4-3-5-9(6)11)10-12-7(2)13-14-10/h3-5H,1-2H3,(H,12,13,14). The molecule has 1 N–H and O–H groups in total. The van der Waals surface area contributed by atoms with Gasteiger partial charge in [0, 0.05) is 5.56 Å². The van der Waals surface area contributed by atoms with Crippen molar-refractivity contribution in [3.63, 3.8) is 0 Å². The molecule has 0 aliphatic heterocycles. The number of H-pyrrole nitrogens is 1. The molecule has 0 spiro atoms. The SMILES string of the molecule is Cc1nc(-c2cccc(F)c2C)n[nH]1. The van der Waals surface area contributed by atoms with Crippen LogP contribution in [0.4, 0.5) is 4.39 Å². The zero-order valence-corrected chi connectivity index (χ0v) is 8.00. The van der Waals surface area contributed by atoms with Gasteiger partial charge < -0.3 is 0 Å². The topological polar surface area (TPSA) is 41.6 Å². The molecule has 2 rings (SSSR count). The zero-order chi connectivity index (χ0) is 10.1. The molecule has 14 heavy (non-hydrogen) atoms. The number of hydrogen-bond donors (Lipinski definition) is 1. The number of aromatic nitrogens is 3. The van der Waals surface area contributed by atoms with E-state index in [4.69, 9.17) is 0 Å². The number of halogens is 1. The van der Waals surface area contributed by atoms with E-state index in [2.05, 4.69) is 15.2 Å². The van der Waals surface area contributed by atoms with Crippen LogP contribution in [-0.4, -0.2) is 15.2 Å². The van der Waals surface area contributed by atoms with Crippen LogP contribution in [0.5, 0.6) is 0 Å². The quantitative estimate of drug-likeness (QED) is 0.750. The van der Waals surface area contributed by atoms with Gasteiger partial charge in [-0.3, -0.25) is 5.10 Å². The Labute approximate surface area is 81.0 Å². The zero-order valence-electron chi connectivity index (χ0n) is 8.00. The van der Waals surface area contributed by atoms with E-state index in [1.54, 1.807) is 19.1 Å². The minimum atomic E-state index is -0.232. The third-order valence-corrected chi connectivity index (χ3v) is 2.11. The number of nitrogens with one attached hydrogen (secondary N) is 1. The summed E-state index contributed by atoms with van der Waals surface area (Å²) in [7, 11) is 0. The molecule has 0 atom stereocenters. The van der Waals surface area contributed by atoms with Crippen molar-refractivity contribution in [1.82, 2.24) is 15.2 Å². The first-order chi connectivity index (χ1) is 6.68. The smallest absolute Gasteiger partial charge is 0.181 e. The summed E-state index contributed by atoms with van der Waals surface area (Å²) in [6.45, 7) is 3.53. The highest BCUT2D eigenvalue weighted by Gasteiger charge is 2.09. The maximum absolute atomic E-state index is 13.2. The molecule has 0 radical (unpaired) electrons. The fourth-order valence-corrected chi connectivity index (χ4v) is 1.31. The fourth-order valence-electron chi connectivity index (χ4n) is 1.31. The van der Waals surface area contributed by atoms with Gasteiger partial charge in [0.15, 0.2) is 5.82 Å². The minimum absolute atomic E-state index is 0.232. The summed E-state index contributed by atoms with van der Waals surface area (Å²) in [6.07, 6.45) is 0. The first kappa shape index (κ1) is 8.87. The largest absolute Gasteiger partial charge is 0.263 e. The molecule has 3 nitrogen and oxygen atoms in total. The van der Waals surface area contributed by atoms with Gasteiger partial charge in [-0.15, -0.1) is 0 Å². The number of nitrogens with zero attached hydrogens (tertiary/aromatic N) is 2. The summed E-state index contributed by atoms with van der Waals surface area (Å²) >= 11 is 0. The van der Waals surface area contributed by atoms with E-state index in [1.807, 2.05) is 6.92 Å². The van der Waals surface area contributed by atoms with Crippen molar-refractivity contribution in [2.75, 3.05) is 0 Å². The summed E-state index contributed by atoms with van der Waals surface area (Å²) < 4.78 is 13.2. The Morgan fingerprint density at radius 2 is 2.07 bits per heavy atom. The highest BCUT2D eigenvalue weighted by molar-refractivity contribution is 5.59. The summed E-state index contributed by atoms with van der Waals surface area (Å²) in [5.41, 5.74) is 1.31. The summed E-state index contributed by atoms with van der Waals surface area (Å²) in [5.74, 6) is 1.04. The molecule has 0 amide bonds. The van der Waals surface area contributed by atoms with Crippen LogP contribution < -0.4 is 0 Å². The Bertz CT molecular complexity index is 462. The van der Waals surface area contributed by atoms with Crippen molar-refractivity contribution in [3.05, 3.63) is 35.4 Å². The molecule has 1 heterocycles. The van der Waals surface area contributed by atoms with Gasteiger partial charge >= 0.3 is 0 Å². The normalized spacial score (nSPS) is 10.5. The first-order valence-corrected chi connectivity index (χ1v) is 4.33. The molecule has 72 valence electrons. The Hall–Kier alpha value is -1.71. The second-order valence-electron chi connectivity index (χ2n) is 3.16. The summed E-state index contributed by atoms with van der Waals surface area (Å²) in [5, 5.41) is 6.72. The molecule has 0 fully saturated rings. The van der Waals surface area contributed by atoms with Crippen LogP contribution in [0.3, 0.4) is 0 Å². The average molecular weight is 191 g/mol. The van der Waals surface area contributed by atoms with Crippen LogP contribution in [0.1, 0.15) is 11.4 Å². The Morgan fingerprint density at radius 1 is 1.29 bits per heavy atom. The van der Waals surface area contributed by atoms with Crippen LogP contribution in [0.15, 0.2) is 18.2 Å². The molecule has 0 bridgehead atoms. The lowest BCUT2D eigenvalue weighted by molar-refractivity contribution is 0.619. The van der Waals surface area contributed by atoms with Gasteiger partial charge in [-0.25, -0.2) is 9.37 Å². The maximum atomic E-state index is 13.2. The van der Waals surface area contributed by atoms with Crippen LogP contribution >= 0.6 is 0 Å². The molecule has 1 aromatic heterocycles. The van der Waals surface area contributed by atoms with Crippen molar-refractivity contribution >= 4 is 0 Å². The van der Waals surface area contributed by atoms with E-state index < -0.39 is 0 Å². The molecule has 0 saturated carbocycles. The monoisotopic (exact) mass is 191 g/mol. The third kappa shape index (κ3) is 1.39. The number of benzene rings is 1. The molecule has 0 aliphatic carbocycles. The van der Waals surface area contributed by atoms with E-state index in [1.165, 1.54) is 6.07 Å². The van der Waals surface area contributed by atoms with Gasteiger partial charge in [-0.2, -0.15) is 5.10 Å². The number of rotatable bonds is 1. The van der Waals surface area contributed by atoms with Gasteiger partial charge in [-0.05, 0) is 25.5 Å². The molecule has 2 aromatic rings. The number of aryl methyl sites for hydroxylation is 1. The second kappa shape index (κ2) is 3.21. The molecule has 4 heteroatoms. The minimum Gasteiger partial charge on any atom is -0.263 e. The van der Waals surface area contributed by atoms with Gasteiger partial charge in [0.2, 0.25) is 0 Å². The Balaban J connectivity index is 2.57. The lowest BCUT2D eigenvalue weighted by atomic mass is 10.1. The van der Waals surface area contributed by atoms with Crippen molar-refractivity contribution in [1.29, 1.82) is 0 Å². The van der Waals surface area contributed by atoms with E-state index in [-0.39, 0.29) is 5.82 Å². The summed E-state index contributed by atoms with van der Waals surface area (Å²) in [6, 6.07) is 4.89. The molecule has 0 aliphatic rings. The second-order valence-corrected chi connectivity index (χ2v) is 3.16. The highest BCUT2D eigenvalue weighted by atomic mass is 19.1. The summed E-state index contributed by atoms with van der Waals surface area (Å²) in [4.78, 5) is 4.15. The first-order valence-electron chi connectivity index (χ1n) is 4.33. The predicted molar refractivity (Wildman–Crippen MR) is 51.3 cm³/mol. The van der Waals surface area contributed by atoms with Crippen molar-refractivity contribution in [3.8, 4) is 11.4 Å².